The number of carbonyl (C=O) groups is 4. The summed E-state index contributed by atoms with van der Waals surface area (Å²) in [7, 11) is 1.43. The third kappa shape index (κ3) is 6.82. The van der Waals surface area contributed by atoms with Crippen LogP contribution < -0.4 is 20.9 Å². The number of aromatic nitrogens is 4. The smallest absolute Gasteiger partial charge is 0.247 e. The summed E-state index contributed by atoms with van der Waals surface area (Å²) in [6.45, 7) is 1.30. The number of ether oxygens (including phenoxy) is 1. The molecular weight excluding hydrogens is 504 g/mol. The van der Waals surface area contributed by atoms with Gasteiger partial charge >= 0.3 is 0 Å². The Kier molecular flexibility index (Phi) is 8.94. The van der Waals surface area contributed by atoms with Crippen LogP contribution in [-0.2, 0) is 43.3 Å². The number of tetrazole rings is 1. The number of para-hydroxylation sites is 1. The van der Waals surface area contributed by atoms with Gasteiger partial charge in [-0.1, -0.05) is 53.7 Å². The molecule has 3 atom stereocenters. The molecule has 204 valence electrons. The van der Waals surface area contributed by atoms with Crippen molar-refractivity contribution in [1.82, 2.24) is 36.6 Å². The third-order valence-corrected chi connectivity index (χ3v) is 6.42. The number of aromatic amines is 1. The molecule has 13 nitrogen and oxygen atoms in total. The molecule has 2 aromatic carbocycles. The van der Waals surface area contributed by atoms with E-state index in [-0.39, 0.29) is 25.4 Å². The molecule has 4 amide bonds. The minimum atomic E-state index is -1.03. The maximum Gasteiger partial charge on any atom is 0.247 e. The van der Waals surface area contributed by atoms with Crippen molar-refractivity contribution in [3.8, 4) is 0 Å². The van der Waals surface area contributed by atoms with Crippen LogP contribution in [0.4, 0.5) is 5.69 Å². The average molecular weight is 535 g/mol. The molecule has 4 rings (SSSR count). The molecule has 0 saturated heterocycles. The van der Waals surface area contributed by atoms with E-state index in [2.05, 4.69) is 36.6 Å². The SMILES string of the molecule is COC(C)C(NC(=O)Cc1ccccc1)C(=O)NCC(=O)N1c2ccccc2C[C@H]1C(=O)NCc1nn[nH]n1. The second-order valence-electron chi connectivity index (χ2n) is 9.02. The fraction of sp³-hybridized carbons (Fsp3) is 0.346. The highest BCUT2D eigenvalue weighted by molar-refractivity contribution is 6.05. The second kappa shape index (κ2) is 12.7. The molecule has 1 aromatic heterocycles. The first-order chi connectivity index (χ1) is 18.9. The van der Waals surface area contributed by atoms with Gasteiger partial charge in [0.15, 0.2) is 5.82 Å². The fourth-order valence-corrected chi connectivity index (χ4v) is 4.34. The van der Waals surface area contributed by atoms with Gasteiger partial charge in [0, 0.05) is 19.2 Å². The van der Waals surface area contributed by atoms with E-state index in [0.717, 1.165) is 11.1 Å². The van der Waals surface area contributed by atoms with Gasteiger partial charge in [-0.2, -0.15) is 5.21 Å². The van der Waals surface area contributed by atoms with Crippen molar-refractivity contribution in [3.05, 3.63) is 71.5 Å². The van der Waals surface area contributed by atoms with E-state index < -0.39 is 35.9 Å². The normalized spacial score (nSPS) is 15.6. The van der Waals surface area contributed by atoms with E-state index in [1.165, 1.54) is 12.0 Å². The van der Waals surface area contributed by atoms with Crippen LogP contribution in [0.25, 0.3) is 0 Å². The monoisotopic (exact) mass is 534 g/mol. The topological polar surface area (TPSA) is 171 Å². The zero-order valence-electron chi connectivity index (χ0n) is 21.6. The number of amides is 4. The van der Waals surface area contributed by atoms with Crippen LogP contribution in [-0.4, -0.2) is 76.1 Å². The maximum atomic E-state index is 13.4. The fourth-order valence-electron chi connectivity index (χ4n) is 4.34. The summed E-state index contributed by atoms with van der Waals surface area (Å²) < 4.78 is 5.30. The Bertz CT molecular complexity index is 1300. The van der Waals surface area contributed by atoms with Crippen molar-refractivity contribution in [2.45, 2.75) is 44.5 Å². The lowest BCUT2D eigenvalue weighted by atomic mass is 10.1. The zero-order chi connectivity index (χ0) is 27.8. The molecule has 0 fully saturated rings. The summed E-state index contributed by atoms with van der Waals surface area (Å²) in [6.07, 6.45) is -0.256. The van der Waals surface area contributed by atoms with Crippen molar-refractivity contribution in [1.29, 1.82) is 0 Å². The minimum Gasteiger partial charge on any atom is -0.379 e. The van der Waals surface area contributed by atoms with Crippen molar-refractivity contribution in [2.24, 2.45) is 0 Å². The maximum absolute atomic E-state index is 13.4. The lowest BCUT2D eigenvalue weighted by Crippen LogP contribution is -2.56. The number of rotatable bonds is 11. The van der Waals surface area contributed by atoms with E-state index in [4.69, 9.17) is 4.74 Å². The molecule has 0 radical (unpaired) electrons. The Morgan fingerprint density at radius 1 is 1.08 bits per heavy atom. The van der Waals surface area contributed by atoms with Crippen LogP contribution in [0.1, 0.15) is 23.9 Å². The zero-order valence-corrected chi connectivity index (χ0v) is 21.6. The molecule has 2 heterocycles. The van der Waals surface area contributed by atoms with Gasteiger partial charge in [0.1, 0.15) is 12.1 Å². The predicted octanol–water partition coefficient (Wildman–Crippen LogP) is -0.348. The van der Waals surface area contributed by atoms with Crippen molar-refractivity contribution in [3.63, 3.8) is 0 Å². The highest BCUT2D eigenvalue weighted by Crippen LogP contribution is 2.32. The van der Waals surface area contributed by atoms with Gasteiger partial charge in [0.25, 0.3) is 0 Å². The summed E-state index contributed by atoms with van der Waals surface area (Å²) in [6, 6.07) is 14.5. The van der Waals surface area contributed by atoms with Crippen LogP contribution in [0.2, 0.25) is 0 Å². The van der Waals surface area contributed by atoms with Crippen LogP contribution >= 0.6 is 0 Å². The molecule has 13 heteroatoms. The standard InChI is InChI=1S/C26H30N8O5/c1-16(39-2)24(29-22(35)12-17-8-4-3-5-9-17)26(38)28-15-23(36)34-19-11-7-6-10-18(19)13-20(34)25(37)27-14-21-30-32-33-31-21/h3-11,16,20,24H,12-15H2,1-2H3,(H,27,37)(H,28,38)(H,29,35)(H,30,31,32,33)/t16?,20-,24?/m0/s1. The first-order valence-electron chi connectivity index (χ1n) is 12.4. The van der Waals surface area contributed by atoms with Crippen molar-refractivity contribution < 1.29 is 23.9 Å². The summed E-state index contributed by atoms with van der Waals surface area (Å²) in [5, 5.41) is 21.4. The quantitative estimate of drug-likeness (QED) is 0.259. The third-order valence-electron chi connectivity index (χ3n) is 6.42. The Morgan fingerprint density at radius 3 is 2.54 bits per heavy atom. The van der Waals surface area contributed by atoms with Gasteiger partial charge in [-0.15, -0.1) is 10.2 Å². The Hall–Kier alpha value is -4.65. The van der Waals surface area contributed by atoms with Gasteiger partial charge in [-0.05, 0) is 24.1 Å². The largest absolute Gasteiger partial charge is 0.379 e. The molecule has 2 unspecified atom stereocenters. The van der Waals surface area contributed by atoms with E-state index in [1.54, 1.807) is 19.1 Å². The number of nitrogens with zero attached hydrogens (tertiary/aromatic N) is 4. The number of nitrogens with one attached hydrogen (secondary N) is 4. The number of carbonyl (C=O) groups excluding carboxylic acids is 4. The molecule has 0 saturated carbocycles. The molecule has 3 aromatic rings. The number of hydrogen-bond acceptors (Lipinski definition) is 8. The van der Waals surface area contributed by atoms with Crippen molar-refractivity contribution in [2.75, 3.05) is 18.6 Å². The Labute approximate surface area is 224 Å². The molecule has 0 aliphatic carbocycles. The minimum absolute atomic E-state index is 0.0419. The number of benzene rings is 2. The van der Waals surface area contributed by atoms with Crippen LogP contribution in [0.15, 0.2) is 54.6 Å². The molecule has 0 bridgehead atoms. The number of hydrogen-bond donors (Lipinski definition) is 4. The van der Waals surface area contributed by atoms with Crippen LogP contribution in [0.3, 0.4) is 0 Å². The molecule has 1 aliphatic heterocycles. The molecular formula is C26H30N8O5. The van der Waals surface area contributed by atoms with Gasteiger partial charge in [0.05, 0.1) is 25.6 Å². The van der Waals surface area contributed by atoms with E-state index in [0.29, 0.717) is 17.9 Å². The number of anilines is 1. The highest BCUT2D eigenvalue weighted by atomic mass is 16.5. The first-order valence-corrected chi connectivity index (χ1v) is 12.4. The molecule has 1 aliphatic rings. The van der Waals surface area contributed by atoms with E-state index in [9.17, 15) is 19.2 Å². The summed E-state index contributed by atoms with van der Waals surface area (Å²) in [5.41, 5.74) is 2.22. The molecule has 0 spiro atoms. The molecule has 4 N–H and O–H groups in total. The number of H-pyrrole nitrogens is 1. The van der Waals surface area contributed by atoms with Gasteiger partial charge in [0.2, 0.25) is 23.6 Å². The van der Waals surface area contributed by atoms with Crippen LogP contribution in [0, 0.1) is 0 Å². The van der Waals surface area contributed by atoms with Gasteiger partial charge in [-0.25, -0.2) is 0 Å². The Morgan fingerprint density at radius 2 is 1.82 bits per heavy atom. The van der Waals surface area contributed by atoms with E-state index in [1.807, 2.05) is 42.5 Å². The molecule has 39 heavy (non-hydrogen) atoms. The Balaban J connectivity index is 1.41. The van der Waals surface area contributed by atoms with Crippen LogP contribution in [0.5, 0.6) is 0 Å². The van der Waals surface area contributed by atoms with E-state index >= 15 is 0 Å². The number of methoxy groups -OCH3 is 1. The number of fused-ring (bicyclic) bond motifs is 1. The van der Waals surface area contributed by atoms with Crippen molar-refractivity contribution >= 4 is 29.3 Å². The predicted molar refractivity (Wildman–Crippen MR) is 139 cm³/mol. The highest BCUT2D eigenvalue weighted by Gasteiger charge is 2.38. The summed E-state index contributed by atoms with van der Waals surface area (Å²) in [4.78, 5) is 53.4. The first kappa shape index (κ1) is 27.4. The lowest BCUT2D eigenvalue weighted by Gasteiger charge is -2.26. The summed E-state index contributed by atoms with van der Waals surface area (Å²) >= 11 is 0. The summed E-state index contributed by atoms with van der Waals surface area (Å²) in [5.74, 6) is -1.51. The van der Waals surface area contributed by atoms with Gasteiger partial charge < -0.3 is 20.7 Å². The second-order valence-corrected chi connectivity index (χ2v) is 9.02. The van der Waals surface area contributed by atoms with Gasteiger partial charge in [-0.3, -0.25) is 24.1 Å². The average Bonchev–Trinajstić information content (AvgIpc) is 3.61. The lowest BCUT2D eigenvalue weighted by molar-refractivity contribution is -0.133.